The zero-order valence-electron chi connectivity index (χ0n) is 17.6. The van der Waals surface area contributed by atoms with Crippen LogP contribution in [-0.4, -0.2) is 41.8 Å². The van der Waals surface area contributed by atoms with E-state index in [1.165, 1.54) is 0 Å². The van der Waals surface area contributed by atoms with E-state index in [9.17, 15) is 4.79 Å². The predicted molar refractivity (Wildman–Crippen MR) is 122 cm³/mol. The Kier molecular flexibility index (Phi) is 6.69. The molecule has 1 unspecified atom stereocenters. The van der Waals surface area contributed by atoms with E-state index in [1.54, 1.807) is 18.2 Å². The van der Waals surface area contributed by atoms with Gasteiger partial charge < -0.3 is 9.64 Å². The molecule has 0 N–H and O–H groups in total. The van der Waals surface area contributed by atoms with E-state index >= 15 is 0 Å². The molecule has 2 aromatic carbocycles. The average Bonchev–Trinajstić information content (AvgIpc) is 3.29. The van der Waals surface area contributed by atoms with E-state index in [0.29, 0.717) is 31.8 Å². The second kappa shape index (κ2) is 10.00. The van der Waals surface area contributed by atoms with Crippen LogP contribution in [0.5, 0.6) is 0 Å². The molecule has 1 amide bonds. The van der Waals surface area contributed by atoms with Crippen LogP contribution in [0.15, 0.2) is 90.2 Å². The maximum atomic E-state index is 13.5. The summed E-state index contributed by atoms with van der Waals surface area (Å²) in [5.41, 5.74) is 3.48. The summed E-state index contributed by atoms with van der Waals surface area (Å²) in [7, 11) is 1.64. The second-order valence-corrected chi connectivity index (χ2v) is 7.40. The van der Waals surface area contributed by atoms with Gasteiger partial charge in [-0.2, -0.15) is 5.10 Å². The summed E-state index contributed by atoms with van der Waals surface area (Å²) in [6, 6.07) is 25.9. The number of hydrogen-bond acceptors (Lipinski definition) is 5. The van der Waals surface area contributed by atoms with Crippen LogP contribution in [0.25, 0.3) is 0 Å². The van der Waals surface area contributed by atoms with Crippen LogP contribution < -0.4 is 5.01 Å². The summed E-state index contributed by atoms with van der Waals surface area (Å²) >= 11 is 0. The van der Waals surface area contributed by atoms with Crippen molar-refractivity contribution in [1.29, 1.82) is 0 Å². The van der Waals surface area contributed by atoms with E-state index in [1.807, 2.05) is 71.7 Å². The molecule has 0 radical (unpaired) electrons. The smallest absolute Gasteiger partial charge is 0.270 e. The van der Waals surface area contributed by atoms with Gasteiger partial charge in [0.25, 0.3) is 5.91 Å². The largest absolute Gasteiger partial charge is 0.383 e. The standard InChI is InChI=1S/C25H26N4O2/c1-31-17-16-28(19-21-12-8-9-15-26-21)25(30)23-18-24(20-10-4-2-5-11-20)29(27-23)22-13-6-3-7-14-22/h2-15,24H,16-19H2,1H3. The summed E-state index contributed by atoms with van der Waals surface area (Å²) in [5.74, 6) is -0.0814. The number of carbonyl (C=O) groups excluding carboxylic acids is 1. The molecule has 2 heterocycles. The number of benzene rings is 2. The third kappa shape index (κ3) is 4.98. The zero-order chi connectivity index (χ0) is 21.5. The first kappa shape index (κ1) is 20.8. The number of carbonyl (C=O) groups is 1. The van der Waals surface area contributed by atoms with Crippen molar-refractivity contribution in [1.82, 2.24) is 9.88 Å². The normalized spacial score (nSPS) is 15.6. The molecule has 6 nitrogen and oxygen atoms in total. The number of ether oxygens (including phenoxy) is 1. The summed E-state index contributed by atoms with van der Waals surface area (Å²) in [4.78, 5) is 19.6. The third-order valence-electron chi connectivity index (χ3n) is 5.29. The lowest BCUT2D eigenvalue weighted by Gasteiger charge is -2.23. The van der Waals surface area contributed by atoms with Crippen LogP contribution in [0.3, 0.4) is 0 Å². The minimum Gasteiger partial charge on any atom is -0.383 e. The van der Waals surface area contributed by atoms with Gasteiger partial charge in [-0.3, -0.25) is 14.8 Å². The molecule has 0 saturated heterocycles. The first-order chi connectivity index (χ1) is 15.3. The lowest BCUT2D eigenvalue weighted by molar-refractivity contribution is -0.125. The average molecular weight is 415 g/mol. The van der Waals surface area contributed by atoms with Crippen molar-refractivity contribution in [3.8, 4) is 0 Å². The van der Waals surface area contributed by atoms with Crippen molar-refractivity contribution in [3.05, 3.63) is 96.3 Å². The zero-order valence-corrected chi connectivity index (χ0v) is 17.6. The molecule has 1 aliphatic rings. The molecule has 1 aliphatic heterocycles. The molecular weight excluding hydrogens is 388 g/mol. The number of rotatable bonds is 8. The van der Waals surface area contributed by atoms with Crippen molar-refractivity contribution >= 4 is 17.3 Å². The van der Waals surface area contributed by atoms with Gasteiger partial charge in [0.1, 0.15) is 5.71 Å². The number of nitrogens with zero attached hydrogens (tertiary/aromatic N) is 4. The molecule has 31 heavy (non-hydrogen) atoms. The lowest BCUT2D eigenvalue weighted by atomic mass is 10.0. The summed E-state index contributed by atoms with van der Waals surface area (Å²) in [6.07, 6.45) is 2.29. The number of para-hydroxylation sites is 1. The van der Waals surface area contributed by atoms with Gasteiger partial charge >= 0.3 is 0 Å². The van der Waals surface area contributed by atoms with E-state index < -0.39 is 0 Å². The minimum absolute atomic E-state index is 0.0262. The Labute approximate surface area is 182 Å². The van der Waals surface area contributed by atoms with Crippen molar-refractivity contribution in [3.63, 3.8) is 0 Å². The second-order valence-electron chi connectivity index (χ2n) is 7.40. The molecule has 0 bridgehead atoms. The summed E-state index contributed by atoms with van der Waals surface area (Å²) in [6.45, 7) is 1.35. The number of pyridine rings is 1. The van der Waals surface area contributed by atoms with Crippen LogP contribution >= 0.6 is 0 Å². The van der Waals surface area contributed by atoms with Crippen LogP contribution in [0.1, 0.15) is 23.7 Å². The first-order valence-electron chi connectivity index (χ1n) is 10.4. The molecule has 158 valence electrons. The highest BCUT2D eigenvalue weighted by molar-refractivity contribution is 6.39. The molecular formula is C25H26N4O2. The fourth-order valence-electron chi connectivity index (χ4n) is 3.72. The van der Waals surface area contributed by atoms with E-state index in [-0.39, 0.29) is 11.9 Å². The Morgan fingerprint density at radius 3 is 2.42 bits per heavy atom. The topological polar surface area (TPSA) is 58.0 Å². The van der Waals surface area contributed by atoms with Crippen molar-refractivity contribution in [2.45, 2.75) is 19.0 Å². The number of amides is 1. The van der Waals surface area contributed by atoms with Gasteiger partial charge in [0.05, 0.1) is 30.6 Å². The van der Waals surface area contributed by atoms with Crippen LogP contribution in [0, 0.1) is 0 Å². The van der Waals surface area contributed by atoms with Gasteiger partial charge in [0, 0.05) is 26.3 Å². The van der Waals surface area contributed by atoms with Crippen LogP contribution in [0.4, 0.5) is 5.69 Å². The molecule has 1 atom stereocenters. The Morgan fingerprint density at radius 2 is 1.74 bits per heavy atom. The van der Waals surface area contributed by atoms with Gasteiger partial charge in [0.2, 0.25) is 0 Å². The molecule has 0 saturated carbocycles. The number of hydrazone groups is 1. The van der Waals surface area contributed by atoms with Gasteiger partial charge in [-0.05, 0) is 29.8 Å². The highest BCUT2D eigenvalue weighted by Crippen LogP contribution is 2.35. The molecule has 0 aliphatic carbocycles. The molecule has 0 spiro atoms. The highest BCUT2D eigenvalue weighted by atomic mass is 16.5. The van der Waals surface area contributed by atoms with E-state index in [0.717, 1.165) is 16.9 Å². The lowest BCUT2D eigenvalue weighted by Crippen LogP contribution is -2.38. The number of anilines is 1. The fourth-order valence-corrected chi connectivity index (χ4v) is 3.72. The third-order valence-corrected chi connectivity index (χ3v) is 5.29. The van der Waals surface area contributed by atoms with E-state index in [2.05, 4.69) is 17.1 Å². The molecule has 1 aromatic heterocycles. The Hall–Kier alpha value is -3.51. The number of aromatic nitrogens is 1. The van der Waals surface area contributed by atoms with Crippen LogP contribution in [-0.2, 0) is 16.1 Å². The fraction of sp³-hybridized carbons (Fsp3) is 0.240. The quantitative estimate of drug-likeness (QED) is 0.558. The molecule has 4 rings (SSSR count). The highest BCUT2D eigenvalue weighted by Gasteiger charge is 2.34. The Balaban J connectivity index is 1.62. The van der Waals surface area contributed by atoms with Gasteiger partial charge in [-0.25, -0.2) is 0 Å². The van der Waals surface area contributed by atoms with Crippen molar-refractivity contribution in [2.75, 3.05) is 25.3 Å². The molecule has 0 fully saturated rings. The first-order valence-corrected chi connectivity index (χ1v) is 10.4. The monoisotopic (exact) mass is 414 g/mol. The Morgan fingerprint density at radius 1 is 1.03 bits per heavy atom. The van der Waals surface area contributed by atoms with E-state index in [4.69, 9.17) is 9.84 Å². The number of hydrogen-bond donors (Lipinski definition) is 0. The van der Waals surface area contributed by atoms with Crippen LogP contribution in [0.2, 0.25) is 0 Å². The van der Waals surface area contributed by atoms with Gasteiger partial charge in [0.15, 0.2) is 0 Å². The number of methoxy groups -OCH3 is 1. The SMILES string of the molecule is COCCN(Cc1ccccn1)C(=O)C1=NN(c2ccccc2)C(c2ccccc2)C1. The Bertz CT molecular complexity index is 1010. The summed E-state index contributed by atoms with van der Waals surface area (Å²) < 4.78 is 5.24. The van der Waals surface area contributed by atoms with Gasteiger partial charge in [-0.15, -0.1) is 0 Å². The predicted octanol–water partition coefficient (Wildman–Crippen LogP) is 4.06. The minimum atomic E-state index is -0.0814. The maximum Gasteiger partial charge on any atom is 0.270 e. The van der Waals surface area contributed by atoms with Crippen molar-refractivity contribution in [2.24, 2.45) is 5.10 Å². The maximum absolute atomic E-state index is 13.5. The molecule has 3 aromatic rings. The van der Waals surface area contributed by atoms with Crippen molar-refractivity contribution < 1.29 is 9.53 Å². The summed E-state index contributed by atoms with van der Waals surface area (Å²) in [5, 5.41) is 6.74. The van der Waals surface area contributed by atoms with Gasteiger partial charge in [-0.1, -0.05) is 54.6 Å². The molecule has 6 heteroatoms.